The van der Waals surface area contributed by atoms with Gasteiger partial charge in [-0.15, -0.1) is 11.3 Å². The Bertz CT molecular complexity index is 1140. The van der Waals surface area contributed by atoms with Gasteiger partial charge in [-0.1, -0.05) is 11.6 Å². The number of carbonyl (C=O) groups excluding carboxylic acids is 1. The molecule has 1 amide bonds. The normalized spacial score (nSPS) is 14.9. The maximum atomic E-state index is 11.9. The summed E-state index contributed by atoms with van der Waals surface area (Å²) in [5.74, 6) is 0.567. The van der Waals surface area contributed by atoms with Crippen LogP contribution in [0, 0.1) is 11.3 Å². The molecule has 1 N–H and O–H groups in total. The molecular formula is C21H20ClN7OS. The second-order valence-corrected chi connectivity index (χ2v) is 8.51. The van der Waals surface area contributed by atoms with Crippen molar-refractivity contribution in [2.24, 2.45) is 0 Å². The molecule has 1 aliphatic rings. The van der Waals surface area contributed by atoms with Gasteiger partial charge in [0.1, 0.15) is 16.6 Å². The van der Waals surface area contributed by atoms with E-state index in [-0.39, 0.29) is 5.91 Å². The molecule has 2 aromatic heterocycles. The molecule has 0 spiro atoms. The third kappa shape index (κ3) is 5.17. The number of thiazole rings is 1. The van der Waals surface area contributed by atoms with Crippen LogP contribution in [0.3, 0.4) is 0 Å². The summed E-state index contributed by atoms with van der Waals surface area (Å²) >= 11 is 7.64. The van der Waals surface area contributed by atoms with Gasteiger partial charge in [-0.2, -0.15) is 5.26 Å². The number of nitrogens with zero attached hydrogens (tertiary/aromatic N) is 6. The van der Waals surface area contributed by atoms with E-state index in [4.69, 9.17) is 11.6 Å². The van der Waals surface area contributed by atoms with Crippen LogP contribution in [0.2, 0.25) is 5.02 Å². The van der Waals surface area contributed by atoms with E-state index < -0.39 is 0 Å². The SMILES string of the molecule is CN1CCN(Cc2cc(Cl)cc(Nc3nccc(-c4ncsc4C#N)n3)c2)CCC1=O. The van der Waals surface area contributed by atoms with Crippen LogP contribution in [0.15, 0.2) is 36.0 Å². The van der Waals surface area contributed by atoms with Crippen LogP contribution < -0.4 is 5.32 Å². The summed E-state index contributed by atoms with van der Waals surface area (Å²) in [6.07, 6.45) is 2.14. The van der Waals surface area contributed by atoms with E-state index in [1.165, 1.54) is 11.3 Å². The van der Waals surface area contributed by atoms with Crippen molar-refractivity contribution >= 4 is 40.5 Å². The fourth-order valence-electron chi connectivity index (χ4n) is 3.39. The maximum Gasteiger partial charge on any atom is 0.227 e. The van der Waals surface area contributed by atoms with Gasteiger partial charge < -0.3 is 10.2 Å². The lowest BCUT2D eigenvalue weighted by molar-refractivity contribution is -0.129. The van der Waals surface area contributed by atoms with E-state index >= 15 is 0 Å². The molecule has 3 heterocycles. The van der Waals surface area contributed by atoms with E-state index in [0.717, 1.165) is 24.3 Å². The first kappa shape index (κ1) is 21.2. The third-order valence-electron chi connectivity index (χ3n) is 5.01. The number of anilines is 2. The fourth-order valence-corrected chi connectivity index (χ4v) is 4.23. The Hall–Kier alpha value is -3.06. The molecule has 0 atom stereocenters. The second kappa shape index (κ2) is 9.39. The van der Waals surface area contributed by atoms with Gasteiger partial charge in [0.25, 0.3) is 0 Å². The van der Waals surface area contributed by atoms with Crippen LogP contribution in [0.5, 0.6) is 0 Å². The number of nitriles is 1. The zero-order valence-corrected chi connectivity index (χ0v) is 18.4. The van der Waals surface area contributed by atoms with Crippen molar-refractivity contribution in [3.63, 3.8) is 0 Å². The minimum absolute atomic E-state index is 0.174. The number of hydrogen-bond donors (Lipinski definition) is 1. The number of carbonyl (C=O) groups is 1. The Morgan fingerprint density at radius 1 is 1.26 bits per heavy atom. The fraction of sp³-hybridized carbons (Fsp3) is 0.286. The van der Waals surface area contributed by atoms with Crippen molar-refractivity contribution in [2.75, 3.05) is 32.0 Å². The highest BCUT2D eigenvalue weighted by molar-refractivity contribution is 7.10. The highest BCUT2D eigenvalue weighted by atomic mass is 35.5. The molecule has 10 heteroatoms. The van der Waals surface area contributed by atoms with Crippen LogP contribution in [-0.4, -0.2) is 57.3 Å². The molecule has 0 unspecified atom stereocenters. The van der Waals surface area contributed by atoms with Gasteiger partial charge in [0.2, 0.25) is 11.9 Å². The molecule has 1 aromatic carbocycles. The Kier molecular flexibility index (Phi) is 6.42. The number of aromatic nitrogens is 3. The Morgan fingerprint density at radius 3 is 2.97 bits per heavy atom. The van der Waals surface area contributed by atoms with Crippen LogP contribution in [0.1, 0.15) is 16.9 Å². The summed E-state index contributed by atoms with van der Waals surface area (Å²) in [7, 11) is 1.84. The molecule has 1 aliphatic heterocycles. The number of hydrogen-bond acceptors (Lipinski definition) is 8. The smallest absolute Gasteiger partial charge is 0.227 e. The predicted octanol–water partition coefficient (Wildman–Crippen LogP) is 3.53. The second-order valence-electron chi connectivity index (χ2n) is 7.22. The van der Waals surface area contributed by atoms with Crippen molar-refractivity contribution in [1.82, 2.24) is 24.8 Å². The van der Waals surface area contributed by atoms with Crippen molar-refractivity contribution in [3.8, 4) is 17.5 Å². The predicted molar refractivity (Wildman–Crippen MR) is 120 cm³/mol. The molecule has 4 rings (SSSR count). The summed E-state index contributed by atoms with van der Waals surface area (Å²) in [6, 6.07) is 9.60. The molecule has 8 nitrogen and oxygen atoms in total. The van der Waals surface area contributed by atoms with Crippen LogP contribution in [0.4, 0.5) is 11.6 Å². The molecule has 0 bridgehead atoms. The average Bonchev–Trinajstić information content (AvgIpc) is 3.18. The first-order chi connectivity index (χ1) is 15.0. The Balaban J connectivity index is 1.51. The molecule has 1 saturated heterocycles. The summed E-state index contributed by atoms with van der Waals surface area (Å²) in [4.78, 5) is 29.5. The average molecular weight is 454 g/mol. The first-order valence-electron chi connectivity index (χ1n) is 9.71. The molecular weight excluding hydrogens is 434 g/mol. The number of halogens is 1. The minimum atomic E-state index is 0.174. The van der Waals surface area contributed by atoms with E-state index in [1.54, 1.807) is 22.7 Å². The number of nitrogens with one attached hydrogen (secondary N) is 1. The maximum absolute atomic E-state index is 11.9. The Labute approximate surface area is 189 Å². The molecule has 158 valence electrons. The number of likely N-dealkylation sites (N-methyl/N-ethyl adjacent to an activating group) is 1. The number of rotatable bonds is 5. The Morgan fingerprint density at radius 2 is 2.13 bits per heavy atom. The standard InChI is InChI=1S/C21H20ClN7OS/c1-28-6-7-29(5-3-19(28)30)12-14-8-15(22)10-16(9-14)26-21-24-4-2-17(27-21)20-18(11-23)31-13-25-20/h2,4,8-10,13H,3,5-7,12H2,1H3,(H,24,26,27). The highest BCUT2D eigenvalue weighted by Gasteiger charge is 2.18. The van der Waals surface area contributed by atoms with Gasteiger partial charge in [-0.05, 0) is 29.8 Å². The lowest BCUT2D eigenvalue weighted by Crippen LogP contribution is -2.29. The van der Waals surface area contributed by atoms with Crippen LogP contribution >= 0.6 is 22.9 Å². The summed E-state index contributed by atoms with van der Waals surface area (Å²) in [6.45, 7) is 2.95. The molecule has 31 heavy (non-hydrogen) atoms. The lowest BCUT2D eigenvalue weighted by Gasteiger charge is -2.20. The molecule has 0 saturated carbocycles. The van der Waals surface area contributed by atoms with E-state index in [0.29, 0.717) is 46.7 Å². The lowest BCUT2D eigenvalue weighted by atomic mass is 10.2. The van der Waals surface area contributed by atoms with Gasteiger partial charge in [0, 0.05) is 56.6 Å². The molecule has 1 fully saturated rings. The van der Waals surface area contributed by atoms with Crippen molar-refractivity contribution < 1.29 is 4.79 Å². The van der Waals surface area contributed by atoms with Gasteiger partial charge >= 0.3 is 0 Å². The summed E-state index contributed by atoms with van der Waals surface area (Å²) in [5, 5.41) is 13.0. The summed E-state index contributed by atoms with van der Waals surface area (Å²) in [5.41, 5.74) is 4.55. The van der Waals surface area contributed by atoms with Gasteiger partial charge in [-0.3, -0.25) is 9.69 Å². The number of benzene rings is 1. The zero-order valence-electron chi connectivity index (χ0n) is 16.9. The van der Waals surface area contributed by atoms with Crippen molar-refractivity contribution in [3.05, 3.63) is 51.4 Å². The highest BCUT2D eigenvalue weighted by Crippen LogP contribution is 2.26. The zero-order chi connectivity index (χ0) is 21.8. The topological polar surface area (TPSA) is 98.0 Å². The monoisotopic (exact) mass is 453 g/mol. The van der Waals surface area contributed by atoms with Gasteiger partial charge in [0.15, 0.2) is 0 Å². The third-order valence-corrected chi connectivity index (χ3v) is 5.96. The first-order valence-corrected chi connectivity index (χ1v) is 11.0. The van der Waals surface area contributed by atoms with E-state index in [2.05, 4.69) is 31.2 Å². The molecule has 3 aromatic rings. The number of amides is 1. The van der Waals surface area contributed by atoms with Crippen LogP contribution in [0.25, 0.3) is 11.4 Å². The van der Waals surface area contributed by atoms with E-state index in [1.807, 2.05) is 25.2 Å². The van der Waals surface area contributed by atoms with Crippen molar-refractivity contribution in [2.45, 2.75) is 13.0 Å². The quantitative estimate of drug-likeness (QED) is 0.630. The molecule has 0 radical (unpaired) electrons. The summed E-state index contributed by atoms with van der Waals surface area (Å²) < 4.78 is 0. The largest absolute Gasteiger partial charge is 0.344 e. The van der Waals surface area contributed by atoms with Gasteiger partial charge in [-0.25, -0.2) is 15.0 Å². The molecule has 0 aliphatic carbocycles. The van der Waals surface area contributed by atoms with Crippen molar-refractivity contribution in [1.29, 1.82) is 5.26 Å². The van der Waals surface area contributed by atoms with Crippen LogP contribution in [-0.2, 0) is 11.3 Å². The van der Waals surface area contributed by atoms with E-state index in [9.17, 15) is 10.1 Å². The minimum Gasteiger partial charge on any atom is -0.344 e. The van der Waals surface area contributed by atoms with Gasteiger partial charge in [0.05, 0.1) is 11.2 Å².